The van der Waals surface area contributed by atoms with Gasteiger partial charge in [-0.1, -0.05) is 38.5 Å². The molecular weight excluding hydrogens is 246 g/mol. The molecule has 1 aromatic rings. The Bertz CT molecular complexity index is 493. The third-order valence-corrected chi connectivity index (χ3v) is 4.84. The molecule has 1 rings (SSSR count). The largest absolute Gasteiger partial charge is 0.313 e. The van der Waals surface area contributed by atoms with E-state index in [-0.39, 0.29) is 11.7 Å². The first kappa shape index (κ1) is 15.2. The number of hydrogen-bond acceptors (Lipinski definition) is 3. The molecule has 102 valence electrons. The summed E-state index contributed by atoms with van der Waals surface area (Å²) in [5.74, 6) is 0.345. The van der Waals surface area contributed by atoms with Gasteiger partial charge >= 0.3 is 0 Å². The van der Waals surface area contributed by atoms with E-state index in [9.17, 15) is 8.42 Å². The Morgan fingerprint density at radius 1 is 1.28 bits per heavy atom. The molecule has 3 nitrogen and oxygen atoms in total. The van der Waals surface area contributed by atoms with Crippen molar-refractivity contribution in [2.45, 2.75) is 39.1 Å². The van der Waals surface area contributed by atoms with E-state index in [0.717, 1.165) is 17.7 Å². The molecule has 0 radical (unpaired) electrons. The molecule has 0 saturated carbocycles. The minimum absolute atomic E-state index is 0.142. The van der Waals surface area contributed by atoms with Crippen LogP contribution in [0.4, 0.5) is 0 Å². The maximum atomic E-state index is 12.3. The van der Waals surface area contributed by atoms with Crippen LogP contribution >= 0.6 is 0 Å². The highest BCUT2D eigenvalue weighted by molar-refractivity contribution is 7.91. The highest BCUT2D eigenvalue weighted by Gasteiger charge is 2.19. The van der Waals surface area contributed by atoms with Crippen molar-refractivity contribution in [1.82, 2.24) is 5.32 Å². The quantitative estimate of drug-likeness (QED) is 0.863. The molecule has 0 aromatic heterocycles. The number of aryl methyl sites for hydroxylation is 1. The van der Waals surface area contributed by atoms with Gasteiger partial charge in [0, 0.05) is 6.54 Å². The van der Waals surface area contributed by atoms with Crippen LogP contribution in [0.25, 0.3) is 0 Å². The second-order valence-corrected chi connectivity index (χ2v) is 7.07. The van der Waals surface area contributed by atoms with E-state index < -0.39 is 9.84 Å². The molecule has 4 heteroatoms. The summed E-state index contributed by atoms with van der Waals surface area (Å²) in [6.45, 7) is 9.28. The number of benzene rings is 1. The normalized spacial score (nSPS) is 12.1. The highest BCUT2D eigenvalue weighted by atomic mass is 32.2. The maximum Gasteiger partial charge on any atom is 0.178 e. The fourth-order valence-corrected chi connectivity index (χ4v) is 3.80. The van der Waals surface area contributed by atoms with Gasteiger partial charge in [-0.25, -0.2) is 8.42 Å². The van der Waals surface area contributed by atoms with Crippen LogP contribution in [0.15, 0.2) is 23.1 Å². The minimum atomic E-state index is -3.18. The van der Waals surface area contributed by atoms with E-state index in [1.54, 1.807) is 6.07 Å². The zero-order chi connectivity index (χ0) is 13.8. The molecule has 0 aliphatic carbocycles. The molecule has 0 heterocycles. The predicted octanol–water partition coefficient (Wildman–Crippen LogP) is 2.53. The third-order valence-electron chi connectivity index (χ3n) is 2.67. The molecule has 0 unspecified atom stereocenters. The fraction of sp³-hybridized carbons (Fsp3) is 0.571. The van der Waals surface area contributed by atoms with Gasteiger partial charge in [0.25, 0.3) is 0 Å². The average molecular weight is 269 g/mol. The van der Waals surface area contributed by atoms with Crippen LogP contribution in [-0.2, 0) is 16.4 Å². The van der Waals surface area contributed by atoms with Gasteiger partial charge in [-0.05, 0) is 31.0 Å². The second-order valence-electron chi connectivity index (χ2n) is 5.07. The Morgan fingerprint density at radius 2 is 1.94 bits per heavy atom. The highest BCUT2D eigenvalue weighted by Crippen LogP contribution is 2.20. The lowest BCUT2D eigenvalue weighted by atomic mass is 10.1. The number of rotatable bonds is 6. The molecule has 0 atom stereocenters. The summed E-state index contributed by atoms with van der Waals surface area (Å²) in [7, 11) is -3.18. The van der Waals surface area contributed by atoms with Crippen LogP contribution < -0.4 is 5.32 Å². The van der Waals surface area contributed by atoms with Crippen molar-refractivity contribution in [2.75, 3.05) is 12.3 Å². The lowest BCUT2D eigenvalue weighted by molar-refractivity contribution is 0.580. The third kappa shape index (κ3) is 4.10. The van der Waals surface area contributed by atoms with Crippen LogP contribution in [0.3, 0.4) is 0 Å². The maximum absolute atomic E-state index is 12.3. The standard InChI is InChI=1S/C14H23NO2S/c1-5-15-9-13-8-12(4)6-7-14(13)18(16,17)10-11(2)3/h6-8,11,15H,5,9-10H2,1-4H3. The van der Waals surface area contributed by atoms with E-state index in [1.165, 1.54) is 0 Å². The first-order valence-electron chi connectivity index (χ1n) is 6.39. The monoisotopic (exact) mass is 269 g/mol. The molecule has 0 aliphatic heterocycles. The zero-order valence-corrected chi connectivity index (χ0v) is 12.5. The summed E-state index contributed by atoms with van der Waals surface area (Å²) < 4.78 is 24.6. The summed E-state index contributed by atoms with van der Waals surface area (Å²) >= 11 is 0. The molecule has 18 heavy (non-hydrogen) atoms. The number of nitrogens with one attached hydrogen (secondary N) is 1. The van der Waals surface area contributed by atoms with Gasteiger partial charge < -0.3 is 5.32 Å². The summed E-state index contributed by atoms with van der Waals surface area (Å²) in [5.41, 5.74) is 1.96. The summed E-state index contributed by atoms with van der Waals surface area (Å²) in [5, 5.41) is 3.19. The van der Waals surface area contributed by atoms with Gasteiger partial charge in [0.15, 0.2) is 9.84 Å². The van der Waals surface area contributed by atoms with Crippen LogP contribution in [-0.4, -0.2) is 20.7 Å². The summed E-state index contributed by atoms with van der Waals surface area (Å²) in [4.78, 5) is 0.475. The summed E-state index contributed by atoms with van der Waals surface area (Å²) in [6, 6.07) is 5.55. The molecule has 1 N–H and O–H groups in total. The van der Waals surface area contributed by atoms with Crippen molar-refractivity contribution in [3.63, 3.8) is 0 Å². The molecule has 0 spiro atoms. The van der Waals surface area contributed by atoms with E-state index in [2.05, 4.69) is 5.32 Å². The molecule has 0 aliphatic rings. The van der Waals surface area contributed by atoms with Gasteiger partial charge in [0.1, 0.15) is 0 Å². The number of hydrogen-bond donors (Lipinski definition) is 1. The SMILES string of the molecule is CCNCc1cc(C)ccc1S(=O)(=O)CC(C)C. The first-order chi connectivity index (χ1) is 8.36. The molecular formula is C14H23NO2S. The van der Waals surface area contributed by atoms with E-state index >= 15 is 0 Å². The summed E-state index contributed by atoms with van der Waals surface area (Å²) in [6.07, 6.45) is 0. The van der Waals surface area contributed by atoms with Crippen molar-refractivity contribution >= 4 is 9.84 Å². The van der Waals surface area contributed by atoms with Crippen molar-refractivity contribution in [1.29, 1.82) is 0 Å². The van der Waals surface area contributed by atoms with Crippen molar-refractivity contribution in [3.05, 3.63) is 29.3 Å². The first-order valence-corrected chi connectivity index (χ1v) is 8.05. The molecule has 0 saturated heterocycles. The smallest absolute Gasteiger partial charge is 0.178 e. The Hall–Kier alpha value is -0.870. The van der Waals surface area contributed by atoms with Gasteiger partial charge in [-0.3, -0.25) is 0 Å². The predicted molar refractivity (Wildman–Crippen MR) is 75.5 cm³/mol. The second kappa shape index (κ2) is 6.34. The van der Waals surface area contributed by atoms with Crippen molar-refractivity contribution in [2.24, 2.45) is 5.92 Å². The van der Waals surface area contributed by atoms with E-state index in [0.29, 0.717) is 11.4 Å². The Morgan fingerprint density at radius 3 is 2.50 bits per heavy atom. The molecule has 0 bridgehead atoms. The number of sulfone groups is 1. The van der Waals surface area contributed by atoms with E-state index in [4.69, 9.17) is 0 Å². The Kier molecular flexibility index (Phi) is 5.35. The van der Waals surface area contributed by atoms with Gasteiger partial charge in [-0.15, -0.1) is 0 Å². The molecule has 0 amide bonds. The van der Waals surface area contributed by atoms with Gasteiger partial charge in [0.05, 0.1) is 10.6 Å². The zero-order valence-electron chi connectivity index (χ0n) is 11.7. The molecule has 0 fully saturated rings. The van der Waals surface area contributed by atoms with Crippen molar-refractivity contribution in [3.8, 4) is 0 Å². The van der Waals surface area contributed by atoms with Gasteiger partial charge in [0.2, 0.25) is 0 Å². The van der Waals surface area contributed by atoms with Gasteiger partial charge in [-0.2, -0.15) is 0 Å². The van der Waals surface area contributed by atoms with Crippen LogP contribution in [0.1, 0.15) is 31.9 Å². The minimum Gasteiger partial charge on any atom is -0.313 e. The van der Waals surface area contributed by atoms with Crippen molar-refractivity contribution < 1.29 is 8.42 Å². The molecule has 1 aromatic carbocycles. The average Bonchev–Trinajstić information content (AvgIpc) is 2.24. The Balaban J connectivity index is 3.14. The van der Waals surface area contributed by atoms with Crippen LogP contribution in [0.5, 0.6) is 0 Å². The van der Waals surface area contributed by atoms with Crippen LogP contribution in [0, 0.1) is 12.8 Å². The fourth-order valence-electron chi connectivity index (χ4n) is 1.94. The van der Waals surface area contributed by atoms with E-state index in [1.807, 2.05) is 39.8 Å². The topological polar surface area (TPSA) is 46.2 Å². The van der Waals surface area contributed by atoms with Crippen LogP contribution in [0.2, 0.25) is 0 Å². The lowest BCUT2D eigenvalue weighted by Gasteiger charge is -2.13. The Labute approximate surface area is 111 Å². The lowest BCUT2D eigenvalue weighted by Crippen LogP contribution is -2.18.